The minimum Gasteiger partial charge on any atom is -0.434 e. The van der Waals surface area contributed by atoms with Crippen LogP contribution in [0, 0.1) is 5.82 Å². The highest BCUT2D eigenvalue weighted by Gasteiger charge is 2.24. The van der Waals surface area contributed by atoms with E-state index in [0.29, 0.717) is 27.3 Å². The Labute approximate surface area is 172 Å². The summed E-state index contributed by atoms with van der Waals surface area (Å²) in [6, 6.07) is 5.71. The van der Waals surface area contributed by atoms with Gasteiger partial charge in [0.1, 0.15) is 5.82 Å². The van der Waals surface area contributed by atoms with Crippen LogP contribution in [0.3, 0.4) is 0 Å². The summed E-state index contributed by atoms with van der Waals surface area (Å²) in [6.45, 7) is 5.67. The lowest BCUT2D eigenvalue weighted by Gasteiger charge is -2.10. The third-order valence-corrected chi connectivity index (χ3v) is 4.36. The van der Waals surface area contributed by atoms with Crippen LogP contribution in [0.1, 0.15) is 37.3 Å². The van der Waals surface area contributed by atoms with Gasteiger partial charge in [0.05, 0.1) is 5.56 Å². The summed E-state index contributed by atoms with van der Waals surface area (Å²) in [5.74, 6) is -0.952. The third-order valence-electron chi connectivity index (χ3n) is 3.93. The molecule has 1 N–H and O–H groups in total. The lowest BCUT2D eigenvalue weighted by atomic mass is 9.97. The number of fused-ring (bicyclic) bond motifs is 1. The Balaban J connectivity index is 1.62. The average Bonchev–Trinajstić information content (AvgIpc) is 3.29. The molecule has 1 aromatic carbocycles. The lowest BCUT2D eigenvalue weighted by Crippen LogP contribution is -2.13. The predicted octanol–water partition coefficient (Wildman–Crippen LogP) is 4.72. The molecule has 0 saturated heterocycles. The first-order valence-corrected chi connectivity index (χ1v) is 9.37. The van der Waals surface area contributed by atoms with E-state index < -0.39 is 11.7 Å². The predicted molar refractivity (Wildman–Crippen MR) is 106 cm³/mol. The molecule has 0 spiro atoms. The SMILES string of the molecule is CC(C)(C)c1nnc(C(=O)Nc2ccc(F)c(-c3nc4ncc(Br)cc4o3)c2)o1. The van der Waals surface area contributed by atoms with E-state index in [-0.39, 0.29) is 22.8 Å². The highest BCUT2D eigenvalue weighted by molar-refractivity contribution is 9.10. The van der Waals surface area contributed by atoms with Crippen molar-refractivity contribution >= 4 is 38.8 Å². The number of aromatic nitrogens is 4. The molecule has 3 heterocycles. The third kappa shape index (κ3) is 3.88. The first-order valence-electron chi connectivity index (χ1n) is 8.58. The normalized spacial score (nSPS) is 11.8. The molecule has 0 aliphatic heterocycles. The maximum absolute atomic E-state index is 14.4. The Morgan fingerprint density at radius 1 is 1.17 bits per heavy atom. The van der Waals surface area contributed by atoms with E-state index in [4.69, 9.17) is 8.83 Å². The maximum atomic E-state index is 14.4. The van der Waals surface area contributed by atoms with Crippen LogP contribution in [0.2, 0.25) is 0 Å². The van der Waals surface area contributed by atoms with Crippen LogP contribution < -0.4 is 5.32 Å². The number of amides is 1. The minimum absolute atomic E-state index is 0.0482. The number of anilines is 1. The van der Waals surface area contributed by atoms with Crippen LogP contribution in [0.25, 0.3) is 22.7 Å². The molecule has 8 nitrogen and oxygen atoms in total. The topological polar surface area (TPSA) is 107 Å². The molecule has 3 aromatic heterocycles. The number of benzene rings is 1. The number of carbonyl (C=O) groups is 1. The summed E-state index contributed by atoms with van der Waals surface area (Å²) in [5, 5.41) is 10.3. The minimum atomic E-state index is -0.603. The second-order valence-electron chi connectivity index (χ2n) is 7.31. The molecule has 0 aliphatic carbocycles. The van der Waals surface area contributed by atoms with E-state index in [1.54, 1.807) is 12.3 Å². The molecule has 0 unspecified atom stereocenters. The van der Waals surface area contributed by atoms with Gasteiger partial charge in [-0.25, -0.2) is 9.37 Å². The van der Waals surface area contributed by atoms with E-state index in [9.17, 15) is 9.18 Å². The Morgan fingerprint density at radius 2 is 1.97 bits per heavy atom. The Bertz CT molecular complexity index is 1230. The number of nitrogens with one attached hydrogen (secondary N) is 1. The average molecular weight is 460 g/mol. The number of nitrogens with zero attached hydrogens (tertiary/aromatic N) is 4. The lowest BCUT2D eigenvalue weighted by molar-refractivity contribution is 0.0987. The molecule has 0 fully saturated rings. The summed E-state index contributed by atoms with van der Waals surface area (Å²) in [6.07, 6.45) is 1.57. The molecule has 0 aliphatic rings. The van der Waals surface area contributed by atoms with Gasteiger partial charge in [0.2, 0.25) is 11.8 Å². The van der Waals surface area contributed by atoms with Gasteiger partial charge in [-0.15, -0.1) is 10.2 Å². The first kappa shape index (κ1) is 19.2. The van der Waals surface area contributed by atoms with Crippen molar-refractivity contribution in [3.63, 3.8) is 0 Å². The number of carbonyl (C=O) groups excluding carboxylic acids is 1. The summed E-state index contributed by atoms with van der Waals surface area (Å²) in [4.78, 5) is 20.7. The molecule has 0 atom stereocenters. The quantitative estimate of drug-likeness (QED) is 0.471. The zero-order chi connectivity index (χ0) is 20.8. The summed E-state index contributed by atoms with van der Waals surface area (Å²) >= 11 is 3.30. The molecule has 0 saturated carbocycles. The summed E-state index contributed by atoms with van der Waals surface area (Å²) in [5.41, 5.74) is 0.766. The number of halogens is 2. The van der Waals surface area contributed by atoms with E-state index in [0.717, 1.165) is 0 Å². The zero-order valence-electron chi connectivity index (χ0n) is 15.7. The number of oxazole rings is 1. The van der Waals surface area contributed by atoms with Crippen molar-refractivity contribution in [1.29, 1.82) is 0 Å². The van der Waals surface area contributed by atoms with E-state index in [1.807, 2.05) is 20.8 Å². The van der Waals surface area contributed by atoms with E-state index in [2.05, 4.69) is 41.4 Å². The molecule has 4 aromatic rings. The zero-order valence-corrected chi connectivity index (χ0v) is 17.2. The largest absolute Gasteiger partial charge is 0.434 e. The molecular formula is C19H15BrFN5O3. The van der Waals surface area contributed by atoms with Crippen LogP contribution in [0.4, 0.5) is 10.1 Å². The number of rotatable bonds is 3. The smallest absolute Gasteiger partial charge is 0.313 e. The van der Waals surface area contributed by atoms with Gasteiger partial charge in [-0.2, -0.15) is 4.98 Å². The molecule has 29 heavy (non-hydrogen) atoms. The highest BCUT2D eigenvalue weighted by atomic mass is 79.9. The van der Waals surface area contributed by atoms with Crippen molar-refractivity contribution in [2.24, 2.45) is 0 Å². The Kier molecular flexibility index (Phi) is 4.65. The first-order chi connectivity index (χ1) is 13.7. The fraction of sp³-hybridized carbons (Fsp3) is 0.211. The number of pyridine rings is 1. The molecule has 0 bridgehead atoms. The van der Waals surface area contributed by atoms with Crippen LogP contribution in [-0.2, 0) is 5.41 Å². The second kappa shape index (κ2) is 7.03. The molecule has 4 rings (SSSR count). The Hall–Kier alpha value is -3.14. The molecule has 148 valence electrons. The fourth-order valence-electron chi connectivity index (χ4n) is 2.48. The van der Waals surface area contributed by atoms with Gasteiger partial charge in [-0.1, -0.05) is 20.8 Å². The van der Waals surface area contributed by atoms with Crippen molar-refractivity contribution < 1.29 is 18.0 Å². The van der Waals surface area contributed by atoms with Gasteiger partial charge in [-0.3, -0.25) is 4.79 Å². The monoisotopic (exact) mass is 459 g/mol. The van der Waals surface area contributed by atoms with Gasteiger partial charge in [0.25, 0.3) is 0 Å². The van der Waals surface area contributed by atoms with Crippen molar-refractivity contribution in [2.45, 2.75) is 26.2 Å². The number of hydrogen-bond donors (Lipinski definition) is 1. The van der Waals surface area contributed by atoms with Gasteiger partial charge in [0, 0.05) is 27.8 Å². The number of hydrogen-bond acceptors (Lipinski definition) is 7. The second-order valence-corrected chi connectivity index (χ2v) is 8.22. The fourth-order valence-corrected chi connectivity index (χ4v) is 2.79. The van der Waals surface area contributed by atoms with Gasteiger partial charge in [-0.05, 0) is 34.1 Å². The van der Waals surface area contributed by atoms with Gasteiger partial charge in [0.15, 0.2) is 11.2 Å². The Morgan fingerprint density at radius 3 is 2.69 bits per heavy atom. The van der Waals surface area contributed by atoms with Crippen LogP contribution in [-0.4, -0.2) is 26.1 Å². The van der Waals surface area contributed by atoms with E-state index in [1.165, 1.54) is 18.2 Å². The van der Waals surface area contributed by atoms with Crippen molar-refractivity contribution in [1.82, 2.24) is 20.2 Å². The van der Waals surface area contributed by atoms with Crippen molar-refractivity contribution in [3.8, 4) is 11.5 Å². The van der Waals surface area contributed by atoms with Crippen molar-refractivity contribution in [3.05, 3.63) is 52.5 Å². The standard InChI is InChI=1S/C19H15BrFN5O3/c1-19(2,3)18-26-25-17(29-18)15(27)23-10-4-5-12(21)11(7-10)16-24-14-13(28-16)6-9(20)8-22-14/h4-8H,1-3H3,(H,23,27). The molecule has 10 heteroatoms. The molecular weight excluding hydrogens is 445 g/mol. The summed E-state index contributed by atoms with van der Waals surface area (Å²) < 4.78 is 26.1. The van der Waals surface area contributed by atoms with Gasteiger partial charge < -0.3 is 14.2 Å². The molecule has 1 amide bonds. The van der Waals surface area contributed by atoms with Crippen LogP contribution >= 0.6 is 15.9 Å². The van der Waals surface area contributed by atoms with Crippen LogP contribution in [0.15, 0.2) is 43.8 Å². The van der Waals surface area contributed by atoms with E-state index >= 15 is 0 Å². The molecule has 0 radical (unpaired) electrons. The van der Waals surface area contributed by atoms with Gasteiger partial charge >= 0.3 is 11.8 Å². The highest BCUT2D eigenvalue weighted by Crippen LogP contribution is 2.29. The summed E-state index contributed by atoms with van der Waals surface area (Å²) in [7, 11) is 0. The van der Waals surface area contributed by atoms with Crippen molar-refractivity contribution in [2.75, 3.05) is 5.32 Å². The maximum Gasteiger partial charge on any atom is 0.313 e. The van der Waals surface area contributed by atoms with Crippen LogP contribution in [0.5, 0.6) is 0 Å².